The number of carboxylic acids is 1. The van der Waals surface area contributed by atoms with Crippen molar-refractivity contribution in [1.29, 1.82) is 0 Å². The molecule has 0 radical (unpaired) electrons. The Bertz CT molecular complexity index is 531. The number of rotatable bonds is 6. The van der Waals surface area contributed by atoms with Gasteiger partial charge in [0.2, 0.25) is 5.91 Å². The van der Waals surface area contributed by atoms with E-state index in [0.717, 1.165) is 18.4 Å². The maximum atomic E-state index is 11.8. The number of carboxylic acid groups (broad SMARTS) is 1. The summed E-state index contributed by atoms with van der Waals surface area (Å²) >= 11 is 0. The average Bonchev–Trinajstić information content (AvgIpc) is 2.49. The number of benzene rings is 1. The van der Waals surface area contributed by atoms with E-state index in [1.54, 1.807) is 24.3 Å². The van der Waals surface area contributed by atoms with E-state index in [-0.39, 0.29) is 11.5 Å². The van der Waals surface area contributed by atoms with Gasteiger partial charge in [-0.3, -0.25) is 4.79 Å². The summed E-state index contributed by atoms with van der Waals surface area (Å²) in [6, 6.07) is 6.76. The van der Waals surface area contributed by atoms with Gasteiger partial charge < -0.3 is 10.4 Å². The third kappa shape index (κ3) is 5.06. The number of hydrogen-bond donors (Lipinski definition) is 2. The molecule has 1 aliphatic rings. The standard InChI is InChI=1S/C17H21NO3/c19-16(12-14-4-2-1-3-5-14)18-11-10-13-6-8-15(9-7-13)17(20)21/h4,6-9H,1-3,5,10-12H2,(H,18,19)(H,20,21). The second-order valence-electron chi connectivity index (χ2n) is 5.39. The highest BCUT2D eigenvalue weighted by molar-refractivity contribution is 5.87. The third-order valence-corrected chi connectivity index (χ3v) is 3.71. The molecule has 0 saturated carbocycles. The highest BCUT2D eigenvalue weighted by Crippen LogP contribution is 2.19. The van der Waals surface area contributed by atoms with Crippen molar-refractivity contribution >= 4 is 11.9 Å². The van der Waals surface area contributed by atoms with Gasteiger partial charge in [-0.1, -0.05) is 23.8 Å². The number of carbonyl (C=O) groups is 2. The molecule has 4 nitrogen and oxygen atoms in total. The monoisotopic (exact) mass is 287 g/mol. The first-order valence-electron chi connectivity index (χ1n) is 7.42. The fraction of sp³-hybridized carbons (Fsp3) is 0.412. The predicted octanol–water partition coefficient (Wildman–Crippen LogP) is 2.93. The smallest absolute Gasteiger partial charge is 0.335 e. The summed E-state index contributed by atoms with van der Waals surface area (Å²) in [5, 5.41) is 11.7. The van der Waals surface area contributed by atoms with Gasteiger partial charge in [0.25, 0.3) is 0 Å². The molecule has 21 heavy (non-hydrogen) atoms. The molecule has 0 spiro atoms. The van der Waals surface area contributed by atoms with Gasteiger partial charge in [0.15, 0.2) is 0 Å². The van der Waals surface area contributed by atoms with E-state index in [0.29, 0.717) is 19.4 Å². The maximum Gasteiger partial charge on any atom is 0.335 e. The second kappa shape index (κ2) is 7.62. The summed E-state index contributed by atoms with van der Waals surface area (Å²) in [5.74, 6) is -0.846. The van der Waals surface area contributed by atoms with Crippen molar-refractivity contribution < 1.29 is 14.7 Å². The first-order chi connectivity index (χ1) is 10.1. The zero-order valence-electron chi connectivity index (χ0n) is 12.1. The van der Waals surface area contributed by atoms with E-state index >= 15 is 0 Å². The lowest BCUT2D eigenvalue weighted by Gasteiger charge is -2.12. The quantitative estimate of drug-likeness (QED) is 0.791. The predicted molar refractivity (Wildman–Crippen MR) is 81.3 cm³/mol. The van der Waals surface area contributed by atoms with Crippen molar-refractivity contribution in [2.24, 2.45) is 0 Å². The summed E-state index contributed by atoms with van der Waals surface area (Å²) in [4.78, 5) is 22.6. The van der Waals surface area contributed by atoms with Crippen LogP contribution in [-0.2, 0) is 11.2 Å². The van der Waals surface area contributed by atoms with Gasteiger partial charge in [0, 0.05) is 13.0 Å². The van der Waals surface area contributed by atoms with Crippen molar-refractivity contribution in [1.82, 2.24) is 5.32 Å². The molecular weight excluding hydrogens is 266 g/mol. The van der Waals surface area contributed by atoms with E-state index in [1.165, 1.54) is 18.4 Å². The van der Waals surface area contributed by atoms with Gasteiger partial charge in [0.1, 0.15) is 0 Å². The fourth-order valence-electron chi connectivity index (χ4n) is 2.49. The molecular formula is C17H21NO3. The van der Waals surface area contributed by atoms with Crippen molar-refractivity contribution in [3.05, 3.63) is 47.0 Å². The van der Waals surface area contributed by atoms with Crippen molar-refractivity contribution in [3.8, 4) is 0 Å². The van der Waals surface area contributed by atoms with E-state index in [4.69, 9.17) is 5.11 Å². The first kappa shape index (κ1) is 15.3. The third-order valence-electron chi connectivity index (χ3n) is 3.71. The Kier molecular flexibility index (Phi) is 5.55. The molecule has 0 bridgehead atoms. The van der Waals surface area contributed by atoms with Crippen LogP contribution in [0, 0.1) is 0 Å². The van der Waals surface area contributed by atoms with Crippen LogP contribution in [0.5, 0.6) is 0 Å². The van der Waals surface area contributed by atoms with Gasteiger partial charge in [-0.15, -0.1) is 0 Å². The van der Waals surface area contributed by atoms with Crippen molar-refractivity contribution in [3.63, 3.8) is 0 Å². The largest absolute Gasteiger partial charge is 0.478 e. The second-order valence-corrected chi connectivity index (χ2v) is 5.39. The zero-order chi connectivity index (χ0) is 15.1. The van der Waals surface area contributed by atoms with Crippen LogP contribution < -0.4 is 5.32 Å². The van der Waals surface area contributed by atoms with Crippen LogP contribution in [0.3, 0.4) is 0 Å². The summed E-state index contributed by atoms with van der Waals surface area (Å²) < 4.78 is 0. The molecule has 4 heteroatoms. The normalized spacial score (nSPS) is 14.4. The van der Waals surface area contributed by atoms with Crippen LogP contribution in [0.15, 0.2) is 35.9 Å². The summed E-state index contributed by atoms with van der Waals surface area (Å²) in [6.07, 6.45) is 7.98. The Morgan fingerprint density at radius 2 is 1.90 bits per heavy atom. The molecule has 0 atom stereocenters. The molecule has 0 heterocycles. The van der Waals surface area contributed by atoms with Crippen molar-refractivity contribution in [2.75, 3.05) is 6.54 Å². The zero-order valence-corrected chi connectivity index (χ0v) is 12.1. The molecule has 0 saturated heterocycles. The number of allylic oxidation sites excluding steroid dienone is 1. The molecule has 1 aliphatic carbocycles. The lowest BCUT2D eigenvalue weighted by atomic mass is 9.97. The summed E-state index contributed by atoms with van der Waals surface area (Å²) in [7, 11) is 0. The fourth-order valence-corrected chi connectivity index (χ4v) is 2.49. The van der Waals surface area contributed by atoms with Crippen LogP contribution in [-0.4, -0.2) is 23.5 Å². The lowest BCUT2D eigenvalue weighted by Crippen LogP contribution is -2.26. The van der Waals surface area contributed by atoms with E-state index in [2.05, 4.69) is 11.4 Å². The molecule has 0 aromatic heterocycles. The Morgan fingerprint density at radius 3 is 2.52 bits per heavy atom. The molecule has 1 aromatic carbocycles. The van der Waals surface area contributed by atoms with Gasteiger partial charge in [-0.2, -0.15) is 0 Å². The highest BCUT2D eigenvalue weighted by Gasteiger charge is 2.08. The molecule has 1 amide bonds. The van der Waals surface area contributed by atoms with Crippen LogP contribution in [0.2, 0.25) is 0 Å². The van der Waals surface area contributed by atoms with Crippen LogP contribution >= 0.6 is 0 Å². The Morgan fingerprint density at radius 1 is 1.14 bits per heavy atom. The highest BCUT2D eigenvalue weighted by atomic mass is 16.4. The minimum Gasteiger partial charge on any atom is -0.478 e. The first-order valence-corrected chi connectivity index (χ1v) is 7.42. The van der Waals surface area contributed by atoms with Gasteiger partial charge in [0.05, 0.1) is 5.56 Å². The minimum atomic E-state index is -0.921. The lowest BCUT2D eigenvalue weighted by molar-refractivity contribution is -0.120. The van der Waals surface area contributed by atoms with E-state index in [9.17, 15) is 9.59 Å². The van der Waals surface area contributed by atoms with Crippen molar-refractivity contribution in [2.45, 2.75) is 38.5 Å². The van der Waals surface area contributed by atoms with E-state index < -0.39 is 5.97 Å². The Balaban J connectivity index is 1.72. The number of aromatic carboxylic acids is 1. The van der Waals surface area contributed by atoms with Crippen LogP contribution in [0.25, 0.3) is 0 Å². The molecule has 0 aliphatic heterocycles. The van der Waals surface area contributed by atoms with E-state index in [1.807, 2.05) is 0 Å². The molecule has 2 rings (SSSR count). The van der Waals surface area contributed by atoms with Gasteiger partial charge in [-0.25, -0.2) is 4.79 Å². The summed E-state index contributed by atoms with van der Waals surface area (Å²) in [6.45, 7) is 0.582. The van der Waals surface area contributed by atoms with Crippen LogP contribution in [0.1, 0.15) is 48.0 Å². The molecule has 0 unspecified atom stereocenters. The molecule has 0 fully saturated rings. The summed E-state index contributed by atoms with van der Waals surface area (Å²) in [5.41, 5.74) is 2.56. The molecule has 2 N–H and O–H groups in total. The number of nitrogens with one attached hydrogen (secondary N) is 1. The minimum absolute atomic E-state index is 0.0744. The van der Waals surface area contributed by atoms with Gasteiger partial charge >= 0.3 is 5.97 Å². The Hall–Kier alpha value is -2.10. The number of carbonyl (C=O) groups excluding carboxylic acids is 1. The SMILES string of the molecule is O=C(CC1=CCCCC1)NCCc1ccc(C(=O)O)cc1. The average molecular weight is 287 g/mol. The van der Waals surface area contributed by atoms with Crippen LogP contribution in [0.4, 0.5) is 0 Å². The van der Waals surface area contributed by atoms with Gasteiger partial charge in [-0.05, 0) is 49.8 Å². The molecule has 1 aromatic rings. The topological polar surface area (TPSA) is 66.4 Å². The number of hydrogen-bond acceptors (Lipinski definition) is 2. The number of amides is 1. The molecule has 112 valence electrons. The maximum absolute atomic E-state index is 11.8. The Labute approximate surface area is 124 Å².